The third-order valence-corrected chi connectivity index (χ3v) is 8.43. The van der Waals surface area contributed by atoms with Gasteiger partial charge in [0.25, 0.3) is 0 Å². The van der Waals surface area contributed by atoms with Crippen molar-refractivity contribution in [2.24, 2.45) is 0 Å². The van der Waals surface area contributed by atoms with E-state index in [2.05, 4.69) is 6.92 Å². The maximum atomic E-state index is 12.6. The van der Waals surface area contributed by atoms with Gasteiger partial charge in [0.15, 0.2) is 6.10 Å². The fourth-order valence-corrected chi connectivity index (χ4v) is 5.73. The van der Waals surface area contributed by atoms with Gasteiger partial charge in [-0.1, -0.05) is 90.9 Å². The maximum Gasteiger partial charge on any atom is 0.472 e. The van der Waals surface area contributed by atoms with Crippen molar-refractivity contribution >= 4 is 19.8 Å². The second kappa shape index (κ2) is 22.4. The summed E-state index contributed by atoms with van der Waals surface area (Å²) in [6.45, 7) is 3.01. The van der Waals surface area contributed by atoms with Gasteiger partial charge >= 0.3 is 19.8 Å². The Morgan fingerprint density at radius 2 is 1.05 bits per heavy atom. The number of phosphoric acid groups is 1. The van der Waals surface area contributed by atoms with E-state index in [0.717, 1.165) is 38.5 Å². The van der Waals surface area contributed by atoms with Crippen LogP contribution in [0.3, 0.4) is 0 Å². The van der Waals surface area contributed by atoms with Gasteiger partial charge in [-0.05, 0) is 12.8 Å². The van der Waals surface area contributed by atoms with Crippen molar-refractivity contribution in [1.82, 2.24) is 0 Å². The number of aliphatic hydroxyl groups is 5. The van der Waals surface area contributed by atoms with Crippen LogP contribution in [0.2, 0.25) is 0 Å². The van der Waals surface area contributed by atoms with Crippen LogP contribution in [0.1, 0.15) is 117 Å². The van der Waals surface area contributed by atoms with E-state index in [-0.39, 0.29) is 12.8 Å². The van der Waals surface area contributed by atoms with Crippen LogP contribution >= 0.6 is 7.82 Å². The molecule has 0 aromatic heterocycles. The Balaban J connectivity index is 2.57. The highest BCUT2D eigenvalue weighted by Gasteiger charge is 2.51. The number of rotatable bonds is 24. The van der Waals surface area contributed by atoms with E-state index >= 15 is 0 Å². The van der Waals surface area contributed by atoms with Gasteiger partial charge in [-0.15, -0.1) is 0 Å². The molecule has 0 saturated heterocycles. The van der Waals surface area contributed by atoms with E-state index in [4.69, 9.17) is 18.5 Å². The highest BCUT2D eigenvalue weighted by molar-refractivity contribution is 7.47. The minimum Gasteiger partial charge on any atom is -0.462 e. The zero-order valence-electron chi connectivity index (χ0n) is 25.8. The molecule has 1 aliphatic carbocycles. The number of esters is 2. The highest BCUT2D eigenvalue weighted by atomic mass is 31.2. The van der Waals surface area contributed by atoms with Crippen LogP contribution in [0.4, 0.5) is 0 Å². The molecule has 1 saturated carbocycles. The van der Waals surface area contributed by atoms with Gasteiger partial charge in [-0.2, -0.15) is 0 Å². The van der Waals surface area contributed by atoms with Crippen molar-refractivity contribution in [3.8, 4) is 0 Å². The monoisotopic (exact) mass is 642 g/mol. The third-order valence-electron chi connectivity index (χ3n) is 7.45. The SMILES string of the molecule is CCCCCCCCCCCCCC(=O)OC(COC(=O)CCCCC)COP(=O)(O)OC1C(O)C(O)C(O)C(O)C1O. The van der Waals surface area contributed by atoms with E-state index in [1.165, 1.54) is 38.5 Å². The van der Waals surface area contributed by atoms with Gasteiger partial charge in [0.1, 0.15) is 43.2 Å². The zero-order valence-corrected chi connectivity index (χ0v) is 26.7. The predicted octanol–water partition coefficient (Wildman–Crippen LogP) is 3.04. The number of unbranched alkanes of at least 4 members (excludes halogenated alkanes) is 12. The minimum absolute atomic E-state index is 0.101. The van der Waals surface area contributed by atoms with Crippen molar-refractivity contribution in [1.29, 1.82) is 0 Å². The molecule has 0 bridgehead atoms. The molecule has 6 unspecified atom stereocenters. The smallest absolute Gasteiger partial charge is 0.462 e. The Kier molecular flexibility index (Phi) is 20.7. The quantitative estimate of drug-likeness (QED) is 0.0509. The Labute approximate surface area is 255 Å². The first-order chi connectivity index (χ1) is 20.4. The van der Waals surface area contributed by atoms with Crippen LogP contribution in [0.5, 0.6) is 0 Å². The number of carbonyl (C=O) groups excluding carboxylic acids is 2. The third kappa shape index (κ3) is 16.7. The first-order valence-corrected chi connectivity index (χ1v) is 17.3. The Bertz CT molecular complexity index is 797. The fourth-order valence-electron chi connectivity index (χ4n) is 4.75. The molecule has 1 aliphatic rings. The van der Waals surface area contributed by atoms with Crippen LogP contribution in [0.15, 0.2) is 0 Å². The van der Waals surface area contributed by atoms with Crippen molar-refractivity contribution < 1.29 is 63.1 Å². The molecule has 0 amide bonds. The van der Waals surface area contributed by atoms with E-state index in [1.54, 1.807) is 0 Å². The molecule has 0 aliphatic heterocycles. The largest absolute Gasteiger partial charge is 0.472 e. The molecule has 0 heterocycles. The lowest BCUT2D eigenvalue weighted by Gasteiger charge is -2.41. The second-order valence-electron chi connectivity index (χ2n) is 11.3. The van der Waals surface area contributed by atoms with Crippen LogP contribution in [0, 0.1) is 0 Å². The van der Waals surface area contributed by atoms with Gasteiger partial charge in [0.2, 0.25) is 0 Å². The molecule has 1 fully saturated rings. The number of phosphoric ester groups is 1. The Morgan fingerprint density at radius 1 is 0.628 bits per heavy atom. The molecule has 43 heavy (non-hydrogen) atoms. The summed E-state index contributed by atoms with van der Waals surface area (Å²) in [7, 11) is -5.08. The molecular weight excluding hydrogens is 587 g/mol. The first kappa shape index (κ1) is 39.9. The topological polar surface area (TPSA) is 210 Å². The number of hydrogen-bond acceptors (Lipinski definition) is 12. The van der Waals surface area contributed by atoms with Gasteiger partial charge in [-0.25, -0.2) is 4.57 Å². The van der Waals surface area contributed by atoms with Crippen LogP contribution in [0.25, 0.3) is 0 Å². The van der Waals surface area contributed by atoms with E-state index in [9.17, 15) is 44.6 Å². The summed E-state index contributed by atoms with van der Waals surface area (Å²) in [6.07, 6.45) is 1.70. The summed E-state index contributed by atoms with van der Waals surface area (Å²) in [4.78, 5) is 34.7. The Hall–Kier alpha value is -1.15. The number of hydrogen-bond donors (Lipinski definition) is 6. The van der Waals surface area contributed by atoms with Crippen molar-refractivity contribution in [3.63, 3.8) is 0 Å². The maximum absolute atomic E-state index is 12.6. The van der Waals surface area contributed by atoms with Crippen LogP contribution < -0.4 is 0 Å². The van der Waals surface area contributed by atoms with Crippen LogP contribution in [-0.2, 0) is 32.7 Å². The normalized spacial score (nSPS) is 26.0. The summed E-state index contributed by atoms with van der Waals surface area (Å²) in [5, 5.41) is 49.5. The lowest BCUT2D eigenvalue weighted by atomic mass is 9.85. The molecule has 254 valence electrons. The lowest BCUT2D eigenvalue weighted by Crippen LogP contribution is -2.64. The van der Waals surface area contributed by atoms with Crippen LogP contribution in [-0.4, -0.2) is 98.3 Å². The number of aliphatic hydroxyl groups excluding tert-OH is 5. The van der Waals surface area contributed by atoms with E-state index < -0.39 is 75.7 Å². The standard InChI is InChI=1S/C29H55O13P/c1-3-5-7-8-9-10-11-12-13-14-16-18-23(31)41-21(19-39-22(30)17-15-6-4-2)20-40-43(37,38)42-29-27(35)25(33)24(32)26(34)28(29)36/h21,24-29,32-36H,3-20H2,1-2H3,(H,37,38). The van der Waals surface area contributed by atoms with Crippen molar-refractivity contribution in [2.45, 2.75) is 159 Å². The molecule has 1 rings (SSSR count). The molecule has 13 nitrogen and oxygen atoms in total. The molecule has 0 spiro atoms. The van der Waals surface area contributed by atoms with E-state index in [1.807, 2.05) is 6.92 Å². The summed E-state index contributed by atoms with van der Waals surface area (Å²) in [5.41, 5.74) is 0. The molecule has 0 aromatic rings. The van der Waals surface area contributed by atoms with Gasteiger partial charge < -0.3 is 39.9 Å². The lowest BCUT2D eigenvalue weighted by molar-refractivity contribution is -0.220. The number of carbonyl (C=O) groups is 2. The van der Waals surface area contributed by atoms with Crippen molar-refractivity contribution in [3.05, 3.63) is 0 Å². The van der Waals surface area contributed by atoms with E-state index in [0.29, 0.717) is 12.8 Å². The minimum atomic E-state index is -5.08. The highest BCUT2D eigenvalue weighted by Crippen LogP contribution is 2.47. The average Bonchev–Trinajstić information content (AvgIpc) is 2.97. The zero-order chi connectivity index (χ0) is 32.3. The molecule has 0 radical (unpaired) electrons. The van der Waals surface area contributed by atoms with Gasteiger partial charge in [-0.3, -0.25) is 18.6 Å². The van der Waals surface area contributed by atoms with Crippen molar-refractivity contribution in [2.75, 3.05) is 13.2 Å². The molecule has 6 atom stereocenters. The molecule has 0 aromatic carbocycles. The predicted molar refractivity (Wildman–Crippen MR) is 157 cm³/mol. The summed E-state index contributed by atoms with van der Waals surface area (Å²) in [5.74, 6) is -1.13. The Morgan fingerprint density at radius 3 is 1.58 bits per heavy atom. The summed E-state index contributed by atoms with van der Waals surface area (Å²) >= 11 is 0. The fraction of sp³-hybridized carbons (Fsp3) is 0.931. The number of ether oxygens (including phenoxy) is 2. The average molecular weight is 643 g/mol. The molecular formula is C29H55O13P. The summed E-state index contributed by atoms with van der Waals surface area (Å²) in [6, 6.07) is 0. The molecule has 14 heteroatoms. The molecule has 6 N–H and O–H groups in total. The van der Waals surface area contributed by atoms with Gasteiger partial charge in [0.05, 0.1) is 6.61 Å². The summed E-state index contributed by atoms with van der Waals surface area (Å²) < 4.78 is 32.8. The van der Waals surface area contributed by atoms with Gasteiger partial charge in [0, 0.05) is 12.8 Å². The second-order valence-corrected chi connectivity index (χ2v) is 12.7. The first-order valence-electron chi connectivity index (χ1n) is 15.8.